The summed E-state index contributed by atoms with van der Waals surface area (Å²) >= 11 is 5.98. The second kappa shape index (κ2) is 12.2. The first kappa shape index (κ1) is 25.3. The number of anilines is 1. The average Bonchev–Trinajstić information content (AvgIpc) is 2.93. The first-order chi connectivity index (χ1) is 18.0. The normalized spacial score (nSPS) is 11.2. The largest absolute Gasteiger partial charge is 0.321 e. The Bertz CT molecular complexity index is 1470. The molecule has 0 radical (unpaired) electrons. The molecule has 6 nitrogen and oxygen atoms in total. The highest BCUT2D eigenvalue weighted by Crippen LogP contribution is 2.15. The fraction of sp³-hybridized carbons (Fsp3) is 0. The van der Waals surface area contributed by atoms with Crippen molar-refractivity contribution in [1.82, 2.24) is 10.3 Å². The molecule has 2 N–H and O–H groups in total. The van der Waals surface area contributed by atoms with Crippen LogP contribution < -0.4 is 10.6 Å². The Hall–Kier alpha value is -4.81. The fourth-order valence-electron chi connectivity index (χ4n) is 3.37. The predicted molar refractivity (Wildman–Crippen MR) is 146 cm³/mol. The molecule has 1 heterocycles. The third-order valence-electron chi connectivity index (χ3n) is 5.23. The van der Waals surface area contributed by atoms with E-state index in [0.29, 0.717) is 27.4 Å². The molecule has 4 rings (SSSR count). The lowest BCUT2D eigenvalue weighted by molar-refractivity contribution is -0.113. The Labute approximate surface area is 219 Å². The van der Waals surface area contributed by atoms with Gasteiger partial charge in [-0.1, -0.05) is 54.1 Å². The van der Waals surface area contributed by atoms with E-state index in [1.165, 1.54) is 6.08 Å². The van der Waals surface area contributed by atoms with Crippen molar-refractivity contribution in [3.8, 4) is 0 Å². The molecule has 7 heteroatoms. The van der Waals surface area contributed by atoms with E-state index in [9.17, 15) is 14.4 Å². The van der Waals surface area contributed by atoms with E-state index in [1.807, 2.05) is 12.1 Å². The summed E-state index contributed by atoms with van der Waals surface area (Å²) < 4.78 is 0. The van der Waals surface area contributed by atoms with Gasteiger partial charge in [0.25, 0.3) is 11.8 Å². The number of allylic oxidation sites excluding steroid dienone is 1. The van der Waals surface area contributed by atoms with Gasteiger partial charge in [-0.15, -0.1) is 0 Å². The van der Waals surface area contributed by atoms with Crippen molar-refractivity contribution in [1.29, 1.82) is 0 Å². The summed E-state index contributed by atoms with van der Waals surface area (Å²) in [6, 6.07) is 25.8. The Kier molecular flexibility index (Phi) is 8.37. The molecular formula is C30H22ClN3O3. The third kappa shape index (κ3) is 7.34. The molecule has 0 unspecified atom stereocenters. The Morgan fingerprint density at radius 3 is 2.24 bits per heavy atom. The summed E-state index contributed by atoms with van der Waals surface area (Å²) in [7, 11) is 0. The van der Waals surface area contributed by atoms with Crippen LogP contribution >= 0.6 is 11.6 Å². The number of benzene rings is 3. The molecule has 182 valence electrons. The number of ketones is 1. The quantitative estimate of drug-likeness (QED) is 0.225. The average molecular weight is 508 g/mol. The van der Waals surface area contributed by atoms with Crippen LogP contribution in [0.5, 0.6) is 0 Å². The number of halogens is 1. The van der Waals surface area contributed by atoms with Crippen LogP contribution in [-0.4, -0.2) is 22.6 Å². The Balaban J connectivity index is 1.47. The van der Waals surface area contributed by atoms with Crippen LogP contribution in [0.4, 0.5) is 5.69 Å². The number of hydrogen-bond acceptors (Lipinski definition) is 4. The highest BCUT2D eigenvalue weighted by molar-refractivity contribution is 6.30. The summed E-state index contributed by atoms with van der Waals surface area (Å²) in [5.41, 5.74) is 2.85. The number of rotatable bonds is 8. The summed E-state index contributed by atoms with van der Waals surface area (Å²) in [6.07, 6.45) is 7.90. The number of carbonyl (C=O) groups excluding carboxylic acids is 3. The van der Waals surface area contributed by atoms with E-state index in [-0.39, 0.29) is 11.5 Å². The summed E-state index contributed by atoms with van der Waals surface area (Å²) in [6.45, 7) is 0. The SMILES string of the molecule is O=C(Nc1ccc(C(=O)/C=C/c2cccc(Cl)c2)cc1)/C(=C/c1cccnc1)NC(=O)c1ccccc1. The standard InChI is InChI=1S/C30H22ClN3O3/c31-25-10-4-6-21(18-25)11-16-28(35)23-12-14-26(15-13-23)33-30(37)27(19-22-7-5-17-32-20-22)34-29(36)24-8-2-1-3-9-24/h1-20H,(H,33,37)(H,34,36)/b16-11+,27-19-. The van der Waals surface area contributed by atoms with Crippen molar-refractivity contribution in [3.63, 3.8) is 0 Å². The highest BCUT2D eigenvalue weighted by atomic mass is 35.5. The van der Waals surface area contributed by atoms with E-state index in [0.717, 1.165) is 5.56 Å². The maximum absolute atomic E-state index is 13.1. The third-order valence-corrected chi connectivity index (χ3v) is 5.46. The van der Waals surface area contributed by atoms with Gasteiger partial charge in [0.1, 0.15) is 5.70 Å². The molecule has 0 fully saturated rings. The lowest BCUT2D eigenvalue weighted by Crippen LogP contribution is -2.30. The van der Waals surface area contributed by atoms with Gasteiger partial charge >= 0.3 is 0 Å². The molecule has 0 aliphatic rings. The maximum atomic E-state index is 13.1. The number of aromatic nitrogens is 1. The van der Waals surface area contributed by atoms with Gasteiger partial charge in [-0.05, 0) is 77.9 Å². The van der Waals surface area contributed by atoms with Crippen LogP contribution in [0.15, 0.2) is 115 Å². The van der Waals surface area contributed by atoms with E-state index in [1.54, 1.807) is 103 Å². The van der Waals surface area contributed by atoms with Gasteiger partial charge in [-0.2, -0.15) is 0 Å². The van der Waals surface area contributed by atoms with E-state index in [2.05, 4.69) is 15.6 Å². The Morgan fingerprint density at radius 1 is 0.784 bits per heavy atom. The zero-order valence-electron chi connectivity index (χ0n) is 19.6. The molecule has 0 atom stereocenters. The highest BCUT2D eigenvalue weighted by Gasteiger charge is 2.15. The van der Waals surface area contributed by atoms with Gasteiger partial charge in [0.2, 0.25) is 0 Å². The molecule has 37 heavy (non-hydrogen) atoms. The van der Waals surface area contributed by atoms with Crippen molar-refractivity contribution in [2.75, 3.05) is 5.32 Å². The summed E-state index contributed by atoms with van der Waals surface area (Å²) in [4.78, 5) is 42.4. The zero-order valence-corrected chi connectivity index (χ0v) is 20.4. The zero-order chi connectivity index (χ0) is 26.0. The number of carbonyl (C=O) groups is 3. The van der Waals surface area contributed by atoms with Crippen LogP contribution in [-0.2, 0) is 4.79 Å². The first-order valence-corrected chi connectivity index (χ1v) is 11.7. The van der Waals surface area contributed by atoms with Gasteiger partial charge in [0.15, 0.2) is 5.78 Å². The number of nitrogens with zero attached hydrogens (tertiary/aromatic N) is 1. The van der Waals surface area contributed by atoms with Gasteiger partial charge in [-0.3, -0.25) is 19.4 Å². The van der Waals surface area contributed by atoms with Gasteiger partial charge in [0, 0.05) is 34.2 Å². The smallest absolute Gasteiger partial charge is 0.272 e. The second-order valence-corrected chi connectivity index (χ2v) is 8.39. The molecular weight excluding hydrogens is 486 g/mol. The maximum Gasteiger partial charge on any atom is 0.272 e. The van der Waals surface area contributed by atoms with E-state index >= 15 is 0 Å². The predicted octanol–water partition coefficient (Wildman–Crippen LogP) is 6.04. The second-order valence-electron chi connectivity index (χ2n) is 7.95. The molecule has 0 saturated heterocycles. The fourth-order valence-corrected chi connectivity index (χ4v) is 3.56. The number of nitrogens with one attached hydrogen (secondary N) is 2. The van der Waals surface area contributed by atoms with Crippen molar-refractivity contribution in [2.24, 2.45) is 0 Å². The molecule has 0 aliphatic heterocycles. The topological polar surface area (TPSA) is 88.2 Å². The molecule has 1 aromatic heterocycles. The van der Waals surface area contributed by atoms with Crippen LogP contribution in [0.2, 0.25) is 5.02 Å². The van der Waals surface area contributed by atoms with Crippen molar-refractivity contribution in [3.05, 3.63) is 142 Å². The molecule has 0 spiro atoms. The van der Waals surface area contributed by atoms with E-state index in [4.69, 9.17) is 11.6 Å². The van der Waals surface area contributed by atoms with Crippen LogP contribution in [0.3, 0.4) is 0 Å². The molecule has 0 saturated carbocycles. The van der Waals surface area contributed by atoms with Gasteiger partial charge in [0.05, 0.1) is 0 Å². The molecule has 0 bridgehead atoms. The van der Waals surface area contributed by atoms with Gasteiger partial charge < -0.3 is 10.6 Å². The lowest BCUT2D eigenvalue weighted by atomic mass is 10.1. The number of pyridine rings is 1. The first-order valence-electron chi connectivity index (χ1n) is 11.4. The van der Waals surface area contributed by atoms with Crippen molar-refractivity contribution >= 4 is 47.0 Å². The molecule has 3 aromatic carbocycles. The van der Waals surface area contributed by atoms with Crippen LogP contribution in [0, 0.1) is 0 Å². The van der Waals surface area contributed by atoms with Gasteiger partial charge in [-0.25, -0.2) is 0 Å². The number of amides is 2. The van der Waals surface area contributed by atoms with E-state index < -0.39 is 11.8 Å². The molecule has 4 aromatic rings. The number of hydrogen-bond donors (Lipinski definition) is 2. The van der Waals surface area contributed by atoms with Crippen molar-refractivity contribution < 1.29 is 14.4 Å². The minimum atomic E-state index is -0.520. The van der Waals surface area contributed by atoms with Crippen LogP contribution in [0.1, 0.15) is 31.8 Å². The monoisotopic (exact) mass is 507 g/mol. The molecule has 0 aliphatic carbocycles. The Morgan fingerprint density at radius 2 is 1.54 bits per heavy atom. The summed E-state index contributed by atoms with van der Waals surface area (Å²) in [5.74, 6) is -1.13. The summed E-state index contributed by atoms with van der Waals surface area (Å²) in [5, 5.41) is 6.03. The lowest BCUT2D eigenvalue weighted by Gasteiger charge is -2.11. The van der Waals surface area contributed by atoms with Crippen LogP contribution in [0.25, 0.3) is 12.2 Å². The van der Waals surface area contributed by atoms with Crippen molar-refractivity contribution in [2.45, 2.75) is 0 Å². The minimum absolute atomic E-state index is 0.0476. The minimum Gasteiger partial charge on any atom is -0.321 e. The molecule has 2 amide bonds.